The number of hydrogen-bond donors (Lipinski definition) is 1. The summed E-state index contributed by atoms with van der Waals surface area (Å²) in [4.78, 5) is 16.7. The smallest absolute Gasteiger partial charge is 0.269 e. The number of pyridine rings is 1. The average Bonchev–Trinajstić information content (AvgIpc) is 2.55. The summed E-state index contributed by atoms with van der Waals surface area (Å²) in [6.45, 7) is 3.78. The van der Waals surface area contributed by atoms with Gasteiger partial charge in [-0.15, -0.1) is 0 Å². The molecule has 1 heterocycles. The van der Waals surface area contributed by atoms with E-state index in [1.165, 1.54) is 12.1 Å². The van der Waals surface area contributed by atoms with Gasteiger partial charge < -0.3 is 5.11 Å². The summed E-state index contributed by atoms with van der Waals surface area (Å²) in [7, 11) is 0. The second-order valence-corrected chi connectivity index (χ2v) is 5.02. The van der Waals surface area contributed by atoms with Gasteiger partial charge >= 0.3 is 0 Å². The molecule has 2 rings (SSSR count). The third-order valence-corrected chi connectivity index (χ3v) is 3.46. The topological polar surface area (TPSA) is 79.5 Å². The number of aliphatic hydroxyl groups is 1. The zero-order valence-corrected chi connectivity index (χ0v) is 12.4. The van der Waals surface area contributed by atoms with Crippen molar-refractivity contribution in [3.05, 3.63) is 70.0 Å². The highest BCUT2D eigenvalue weighted by Crippen LogP contribution is 2.20. The Morgan fingerprint density at radius 1 is 1.32 bits per heavy atom. The third kappa shape index (κ3) is 4.34. The molecule has 22 heavy (non-hydrogen) atoms. The Morgan fingerprint density at radius 2 is 2.14 bits per heavy atom. The molecule has 0 saturated carbocycles. The largest absolute Gasteiger partial charge is 0.387 e. The maximum Gasteiger partial charge on any atom is 0.269 e. The fraction of sp³-hybridized carbons (Fsp3) is 0.312. The molecule has 6 heteroatoms. The molecule has 116 valence electrons. The van der Waals surface area contributed by atoms with E-state index in [4.69, 9.17) is 0 Å². The molecule has 0 bridgehead atoms. The molecule has 6 nitrogen and oxygen atoms in total. The molecule has 0 saturated heterocycles. The van der Waals surface area contributed by atoms with E-state index in [-0.39, 0.29) is 5.69 Å². The molecule has 2 aromatic rings. The van der Waals surface area contributed by atoms with Crippen molar-refractivity contribution in [2.24, 2.45) is 0 Å². The van der Waals surface area contributed by atoms with E-state index in [2.05, 4.69) is 4.98 Å². The van der Waals surface area contributed by atoms with Crippen LogP contribution in [0.15, 0.2) is 48.7 Å². The van der Waals surface area contributed by atoms with Crippen molar-refractivity contribution in [2.75, 3.05) is 13.1 Å². The van der Waals surface area contributed by atoms with E-state index in [9.17, 15) is 15.2 Å². The normalized spacial score (nSPS) is 12.3. The minimum absolute atomic E-state index is 0.00988. The minimum atomic E-state index is -0.774. The van der Waals surface area contributed by atoms with E-state index in [1.54, 1.807) is 18.3 Å². The van der Waals surface area contributed by atoms with Crippen LogP contribution in [0.2, 0.25) is 0 Å². The van der Waals surface area contributed by atoms with Gasteiger partial charge in [-0.3, -0.25) is 20.0 Å². The highest BCUT2D eigenvalue weighted by molar-refractivity contribution is 5.35. The predicted molar refractivity (Wildman–Crippen MR) is 83.2 cm³/mol. The first-order valence-corrected chi connectivity index (χ1v) is 7.15. The van der Waals surface area contributed by atoms with Gasteiger partial charge in [0.05, 0.1) is 16.7 Å². The summed E-state index contributed by atoms with van der Waals surface area (Å²) in [6, 6.07) is 11.8. The van der Waals surface area contributed by atoms with Crippen molar-refractivity contribution >= 4 is 5.69 Å². The van der Waals surface area contributed by atoms with Crippen LogP contribution in [0.1, 0.15) is 24.3 Å². The van der Waals surface area contributed by atoms with Crippen LogP contribution in [0.4, 0.5) is 5.69 Å². The Hall–Kier alpha value is -2.31. The van der Waals surface area contributed by atoms with Gasteiger partial charge in [0, 0.05) is 31.4 Å². The summed E-state index contributed by atoms with van der Waals surface area (Å²) < 4.78 is 0. The Morgan fingerprint density at radius 3 is 2.77 bits per heavy atom. The SMILES string of the molecule is CCN(Cc1ccccn1)CC(O)c1cccc([N+](=O)[O-])c1. The Balaban J connectivity index is 2.04. The fourth-order valence-corrected chi connectivity index (χ4v) is 2.22. The molecule has 1 unspecified atom stereocenters. The van der Waals surface area contributed by atoms with Crippen LogP contribution >= 0.6 is 0 Å². The number of aromatic nitrogens is 1. The maximum absolute atomic E-state index is 10.8. The number of aliphatic hydroxyl groups excluding tert-OH is 1. The Bertz CT molecular complexity index is 619. The van der Waals surface area contributed by atoms with Gasteiger partial charge in [-0.2, -0.15) is 0 Å². The summed E-state index contributed by atoms with van der Waals surface area (Å²) in [5.41, 5.74) is 1.47. The number of benzene rings is 1. The molecular weight excluding hydrogens is 282 g/mol. The first kappa shape index (κ1) is 16.1. The average molecular weight is 301 g/mol. The van der Waals surface area contributed by atoms with Crippen molar-refractivity contribution in [3.8, 4) is 0 Å². The molecule has 0 aliphatic heterocycles. The quantitative estimate of drug-likeness (QED) is 0.628. The lowest BCUT2D eigenvalue weighted by Crippen LogP contribution is -2.28. The molecule has 0 aliphatic rings. The number of nitro groups is 1. The molecular formula is C16H19N3O3. The van der Waals surface area contributed by atoms with E-state index in [0.717, 1.165) is 12.2 Å². The number of non-ortho nitro benzene ring substituents is 1. The van der Waals surface area contributed by atoms with E-state index < -0.39 is 11.0 Å². The van der Waals surface area contributed by atoms with Gasteiger partial charge in [0.2, 0.25) is 0 Å². The molecule has 1 atom stereocenters. The zero-order chi connectivity index (χ0) is 15.9. The van der Waals surface area contributed by atoms with E-state index >= 15 is 0 Å². The number of nitrogens with zero attached hydrogens (tertiary/aromatic N) is 3. The second-order valence-electron chi connectivity index (χ2n) is 5.02. The summed E-state index contributed by atoms with van der Waals surface area (Å²) in [5, 5.41) is 21.1. The number of likely N-dealkylation sites (N-methyl/N-ethyl adjacent to an activating group) is 1. The number of nitro benzene ring substituents is 1. The molecule has 1 aromatic heterocycles. The number of hydrogen-bond acceptors (Lipinski definition) is 5. The van der Waals surface area contributed by atoms with Crippen molar-refractivity contribution in [2.45, 2.75) is 19.6 Å². The van der Waals surface area contributed by atoms with Crippen LogP contribution in [0.5, 0.6) is 0 Å². The van der Waals surface area contributed by atoms with Gasteiger partial charge in [0.1, 0.15) is 0 Å². The monoisotopic (exact) mass is 301 g/mol. The lowest BCUT2D eigenvalue weighted by molar-refractivity contribution is -0.385. The fourth-order valence-electron chi connectivity index (χ4n) is 2.22. The second kappa shape index (κ2) is 7.63. The molecule has 0 amide bonds. The van der Waals surface area contributed by atoms with Crippen molar-refractivity contribution < 1.29 is 10.0 Å². The van der Waals surface area contributed by atoms with E-state index in [0.29, 0.717) is 18.7 Å². The Labute approximate surface area is 129 Å². The first-order valence-electron chi connectivity index (χ1n) is 7.15. The van der Waals surface area contributed by atoms with Gasteiger partial charge in [-0.1, -0.05) is 25.1 Å². The predicted octanol–water partition coefficient (Wildman–Crippen LogP) is 2.55. The lowest BCUT2D eigenvalue weighted by atomic mass is 10.1. The Kier molecular flexibility index (Phi) is 5.57. The molecule has 0 aliphatic carbocycles. The third-order valence-electron chi connectivity index (χ3n) is 3.46. The zero-order valence-electron chi connectivity index (χ0n) is 12.4. The minimum Gasteiger partial charge on any atom is -0.387 e. The van der Waals surface area contributed by atoms with Crippen molar-refractivity contribution in [1.82, 2.24) is 9.88 Å². The van der Waals surface area contributed by atoms with Crippen LogP contribution in [0, 0.1) is 10.1 Å². The first-order chi connectivity index (χ1) is 10.6. The van der Waals surface area contributed by atoms with Crippen LogP contribution < -0.4 is 0 Å². The molecule has 0 radical (unpaired) electrons. The van der Waals surface area contributed by atoms with Crippen LogP contribution in [0.3, 0.4) is 0 Å². The molecule has 0 fully saturated rings. The van der Waals surface area contributed by atoms with Crippen LogP contribution in [-0.4, -0.2) is 33.0 Å². The summed E-state index contributed by atoms with van der Waals surface area (Å²) in [6.07, 6.45) is 0.962. The lowest BCUT2D eigenvalue weighted by Gasteiger charge is -2.23. The standard InChI is InChI=1S/C16H19N3O3/c1-2-18(11-14-7-3-4-9-17-14)12-16(20)13-6-5-8-15(10-13)19(21)22/h3-10,16,20H,2,11-12H2,1H3. The molecule has 1 aromatic carbocycles. The van der Waals surface area contributed by atoms with Crippen LogP contribution in [-0.2, 0) is 6.54 Å². The van der Waals surface area contributed by atoms with Crippen molar-refractivity contribution in [1.29, 1.82) is 0 Å². The number of rotatable bonds is 7. The van der Waals surface area contributed by atoms with Crippen molar-refractivity contribution in [3.63, 3.8) is 0 Å². The highest BCUT2D eigenvalue weighted by atomic mass is 16.6. The van der Waals surface area contributed by atoms with Gasteiger partial charge in [0.15, 0.2) is 0 Å². The van der Waals surface area contributed by atoms with Crippen LogP contribution in [0.25, 0.3) is 0 Å². The summed E-state index contributed by atoms with van der Waals surface area (Å²) >= 11 is 0. The van der Waals surface area contributed by atoms with E-state index in [1.807, 2.05) is 30.0 Å². The van der Waals surface area contributed by atoms with Gasteiger partial charge in [0.25, 0.3) is 5.69 Å². The summed E-state index contributed by atoms with van der Waals surface area (Å²) in [5.74, 6) is 0. The maximum atomic E-state index is 10.8. The van der Waals surface area contributed by atoms with Gasteiger partial charge in [-0.05, 0) is 24.2 Å². The van der Waals surface area contributed by atoms with Gasteiger partial charge in [-0.25, -0.2) is 0 Å². The molecule has 0 spiro atoms. The molecule has 1 N–H and O–H groups in total. The highest BCUT2D eigenvalue weighted by Gasteiger charge is 2.16.